The molecule has 0 aromatic heterocycles. The van der Waals surface area contributed by atoms with Crippen molar-refractivity contribution in [3.63, 3.8) is 0 Å². The zero-order chi connectivity index (χ0) is 13.1. The molecule has 1 saturated heterocycles. The number of piperazine rings is 1. The molecule has 1 fully saturated rings. The minimum atomic E-state index is -4.29. The second-order valence-corrected chi connectivity index (χ2v) is 5.76. The molecule has 0 bridgehead atoms. The number of aliphatic hydroxyl groups excluding tert-OH is 2. The Kier molecular flexibility index (Phi) is 5.29. The van der Waals surface area contributed by atoms with E-state index in [4.69, 9.17) is 9.66 Å². The molecule has 0 unspecified atom stereocenters. The molecular weight excluding hydrogens is 248 g/mol. The van der Waals surface area contributed by atoms with Crippen LogP contribution in [0.2, 0.25) is 0 Å². The molecule has 1 rings (SSSR count). The Bertz CT molecular complexity index is 324. The fourth-order valence-corrected chi connectivity index (χ4v) is 3.21. The highest BCUT2D eigenvalue weighted by Gasteiger charge is 2.35. The van der Waals surface area contributed by atoms with E-state index in [0.717, 1.165) is 0 Å². The average Bonchev–Trinajstić information content (AvgIpc) is 2.18. The van der Waals surface area contributed by atoms with Gasteiger partial charge in [0.1, 0.15) is 0 Å². The van der Waals surface area contributed by atoms with Crippen LogP contribution in [0, 0.1) is 0 Å². The third kappa shape index (κ3) is 4.16. The van der Waals surface area contributed by atoms with Gasteiger partial charge in [-0.25, -0.2) is 0 Å². The van der Waals surface area contributed by atoms with Gasteiger partial charge in [-0.3, -0.25) is 14.4 Å². The van der Waals surface area contributed by atoms with Crippen molar-refractivity contribution in [3.05, 3.63) is 0 Å². The molecule has 0 spiro atoms. The van der Waals surface area contributed by atoms with Gasteiger partial charge in [-0.2, -0.15) is 8.42 Å². The van der Waals surface area contributed by atoms with Crippen molar-refractivity contribution in [1.82, 2.24) is 9.80 Å². The molecule has 0 aromatic rings. The summed E-state index contributed by atoms with van der Waals surface area (Å²) in [5, 5.41) is 16.9. The lowest BCUT2D eigenvalue weighted by Gasteiger charge is -2.38. The van der Waals surface area contributed by atoms with Crippen molar-refractivity contribution in [2.45, 2.75) is 18.4 Å². The van der Waals surface area contributed by atoms with Gasteiger partial charge in [-0.05, 0) is 6.92 Å². The molecule has 0 amide bonds. The molecule has 3 N–H and O–H groups in total. The summed E-state index contributed by atoms with van der Waals surface area (Å²) in [6, 6.07) is 0. The maximum Gasteiger partial charge on any atom is 0.283 e. The lowest BCUT2D eigenvalue weighted by molar-refractivity contribution is 0.0526. The van der Waals surface area contributed by atoms with Crippen molar-refractivity contribution in [2.75, 3.05) is 39.3 Å². The van der Waals surface area contributed by atoms with E-state index in [1.54, 1.807) is 4.90 Å². The van der Waals surface area contributed by atoms with Crippen LogP contribution >= 0.6 is 0 Å². The largest absolute Gasteiger partial charge is 0.395 e. The molecule has 0 aromatic carbocycles. The number of β-amino-alcohol motifs (C(OH)–C–C–N with tert-alkyl or cyclic N) is 1. The van der Waals surface area contributed by atoms with Crippen LogP contribution in [0.3, 0.4) is 0 Å². The van der Waals surface area contributed by atoms with Crippen molar-refractivity contribution in [2.24, 2.45) is 0 Å². The first-order chi connectivity index (χ1) is 7.86. The minimum Gasteiger partial charge on any atom is -0.395 e. The highest BCUT2D eigenvalue weighted by molar-refractivity contribution is 7.86. The molecule has 1 aliphatic rings. The van der Waals surface area contributed by atoms with Crippen LogP contribution in [0.15, 0.2) is 0 Å². The van der Waals surface area contributed by atoms with Gasteiger partial charge in [0.25, 0.3) is 10.1 Å². The Morgan fingerprint density at radius 2 is 1.76 bits per heavy atom. The molecule has 1 heterocycles. The van der Waals surface area contributed by atoms with Crippen LogP contribution in [-0.4, -0.2) is 83.8 Å². The average molecular weight is 268 g/mol. The van der Waals surface area contributed by atoms with Gasteiger partial charge in [-0.1, -0.05) is 0 Å². The highest BCUT2D eigenvalue weighted by atomic mass is 32.2. The van der Waals surface area contributed by atoms with E-state index < -0.39 is 21.6 Å². The molecule has 102 valence electrons. The van der Waals surface area contributed by atoms with E-state index in [0.29, 0.717) is 32.7 Å². The lowest BCUT2D eigenvalue weighted by atomic mass is 10.2. The van der Waals surface area contributed by atoms with Crippen LogP contribution in [0.1, 0.15) is 6.92 Å². The van der Waals surface area contributed by atoms with Crippen molar-refractivity contribution >= 4 is 10.1 Å². The molecule has 8 heteroatoms. The quantitative estimate of drug-likeness (QED) is 0.505. The minimum absolute atomic E-state index is 0.0676. The summed E-state index contributed by atoms with van der Waals surface area (Å²) < 4.78 is 31.4. The lowest BCUT2D eigenvalue weighted by Crippen LogP contribution is -2.56. The van der Waals surface area contributed by atoms with Crippen molar-refractivity contribution in [3.8, 4) is 0 Å². The summed E-state index contributed by atoms with van der Waals surface area (Å²) in [7, 11) is -4.29. The smallest absolute Gasteiger partial charge is 0.283 e. The predicted octanol–water partition coefficient (Wildman–Crippen LogP) is -1.81. The zero-order valence-corrected chi connectivity index (χ0v) is 10.7. The molecule has 0 saturated carbocycles. The fourth-order valence-electron chi connectivity index (χ4n) is 2.13. The molecule has 0 aliphatic carbocycles. The van der Waals surface area contributed by atoms with Crippen LogP contribution in [0.4, 0.5) is 0 Å². The summed E-state index contributed by atoms with van der Waals surface area (Å²) in [5.74, 6) is 0. The highest BCUT2D eigenvalue weighted by Crippen LogP contribution is 2.14. The second-order valence-electron chi connectivity index (χ2n) is 4.25. The Morgan fingerprint density at radius 1 is 1.24 bits per heavy atom. The third-order valence-electron chi connectivity index (χ3n) is 2.90. The maximum atomic E-state index is 11.2. The SMILES string of the molecule is C[C@@H](O)[C@H](N1CCN(CCO)CC1)S(=O)(=O)O. The first-order valence-electron chi connectivity index (χ1n) is 5.58. The van der Waals surface area contributed by atoms with E-state index in [1.165, 1.54) is 6.92 Å². The topological polar surface area (TPSA) is 101 Å². The number of aliphatic hydroxyl groups is 2. The summed E-state index contributed by atoms with van der Waals surface area (Å²) in [4.78, 5) is 3.55. The van der Waals surface area contributed by atoms with E-state index in [9.17, 15) is 13.5 Å². The Labute approximate surface area is 101 Å². The molecule has 0 radical (unpaired) electrons. The third-order valence-corrected chi connectivity index (χ3v) is 4.20. The van der Waals surface area contributed by atoms with Gasteiger partial charge >= 0.3 is 0 Å². The maximum absolute atomic E-state index is 11.2. The van der Waals surface area contributed by atoms with Gasteiger partial charge in [0.2, 0.25) is 0 Å². The Hall–Kier alpha value is -0.250. The number of nitrogens with zero attached hydrogens (tertiary/aromatic N) is 2. The molecule has 2 atom stereocenters. The molecule has 7 nitrogen and oxygen atoms in total. The van der Waals surface area contributed by atoms with Gasteiger partial charge in [0, 0.05) is 32.7 Å². The summed E-state index contributed by atoms with van der Waals surface area (Å²) in [6.07, 6.45) is -1.14. The van der Waals surface area contributed by atoms with E-state index in [1.807, 2.05) is 4.90 Å². The van der Waals surface area contributed by atoms with Crippen molar-refractivity contribution in [1.29, 1.82) is 0 Å². The normalized spacial score (nSPS) is 23.5. The summed E-state index contributed by atoms with van der Waals surface area (Å²) in [6.45, 7) is 4.07. The van der Waals surface area contributed by atoms with Crippen LogP contribution in [0.5, 0.6) is 0 Å². The van der Waals surface area contributed by atoms with Gasteiger partial charge in [0.05, 0.1) is 12.7 Å². The van der Waals surface area contributed by atoms with Gasteiger partial charge in [0.15, 0.2) is 5.37 Å². The first-order valence-corrected chi connectivity index (χ1v) is 7.08. The first kappa shape index (κ1) is 14.8. The standard InChI is InChI=1S/C9H20N2O5S/c1-8(13)9(17(14,15)16)11-4-2-10(3-5-11)6-7-12/h8-9,12-13H,2-7H2,1H3,(H,14,15,16)/t8-,9-/m1/s1. The monoisotopic (exact) mass is 268 g/mol. The van der Waals surface area contributed by atoms with Crippen LogP contribution in [0.25, 0.3) is 0 Å². The van der Waals surface area contributed by atoms with E-state index >= 15 is 0 Å². The summed E-state index contributed by atoms with van der Waals surface area (Å²) in [5.41, 5.74) is 0. The van der Waals surface area contributed by atoms with Gasteiger partial charge in [-0.15, -0.1) is 0 Å². The summed E-state index contributed by atoms with van der Waals surface area (Å²) >= 11 is 0. The predicted molar refractivity (Wildman–Crippen MR) is 62.1 cm³/mol. The fraction of sp³-hybridized carbons (Fsp3) is 1.00. The molecule has 1 aliphatic heterocycles. The van der Waals surface area contributed by atoms with E-state index in [-0.39, 0.29) is 6.61 Å². The van der Waals surface area contributed by atoms with E-state index in [2.05, 4.69) is 0 Å². The number of hydrogen-bond donors (Lipinski definition) is 3. The molecular formula is C9H20N2O5S. The van der Waals surface area contributed by atoms with Crippen molar-refractivity contribution < 1.29 is 23.2 Å². The van der Waals surface area contributed by atoms with Gasteiger partial charge < -0.3 is 10.2 Å². The zero-order valence-electron chi connectivity index (χ0n) is 9.86. The van der Waals surface area contributed by atoms with Crippen LogP contribution in [-0.2, 0) is 10.1 Å². The number of rotatable bonds is 5. The number of hydrogen-bond acceptors (Lipinski definition) is 6. The Morgan fingerprint density at radius 3 is 2.12 bits per heavy atom. The van der Waals surface area contributed by atoms with Crippen LogP contribution < -0.4 is 0 Å². The second kappa shape index (κ2) is 6.07. The Balaban J connectivity index is 2.62. The molecule has 17 heavy (non-hydrogen) atoms.